The summed E-state index contributed by atoms with van der Waals surface area (Å²) in [6.45, 7) is 5.02. The fraction of sp³-hybridized carbons (Fsp3) is 0.385. The van der Waals surface area contributed by atoms with Gasteiger partial charge in [-0.05, 0) is 44.2 Å². The maximum absolute atomic E-state index is 5.64. The molecule has 0 aliphatic heterocycles. The summed E-state index contributed by atoms with van der Waals surface area (Å²) < 4.78 is 11.1. The third kappa shape index (κ3) is 2.36. The molecule has 0 saturated carbocycles. The van der Waals surface area contributed by atoms with Gasteiger partial charge in [0.15, 0.2) is 0 Å². The number of aryl methyl sites for hydroxylation is 1. The normalized spacial score (nSPS) is 12.9. The highest BCUT2D eigenvalue weighted by molar-refractivity contribution is 5.19. The van der Waals surface area contributed by atoms with Crippen molar-refractivity contribution < 1.29 is 8.83 Å². The quantitative estimate of drug-likeness (QED) is 0.838. The van der Waals surface area contributed by atoms with Crippen LogP contribution in [0.25, 0.3) is 0 Å². The van der Waals surface area contributed by atoms with Crippen LogP contribution in [-0.2, 0) is 0 Å². The predicted octanol–water partition coefficient (Wildman–Crippen LogP) is 3.27. The number of nitrogens with one attached hydrogen (secondary N) is 1. The molecule has 0 aliphatic carbocycles. The monoisotopic (exact) mass is 219 g/mol. The lowest BCUT2D eigenvalue weighted by Gasteiger charge is -2.13. The Kier molecular flexibility index (Phi) is 3.47. The van der Waals surface area contributed by atoms with Gasteiger partial charge in [0.25, 0.3) is 0 Å². The van der Waals surface area contributed by atoms with Gasteiger partial charge in [0.05, 0.1) is 6.26 Å². The Morgan fingerprint density at radius 2 is 2.12 bits per heavy atom. The second kappa shape index (κ2) is 5.03. The van der Waals surface area contributed by atoms with Gasteiger partial charge in [-0.2, -0.15) is 0 Å². The van der Waals surface area contributed by atoms with Gasteiger partial charge in [0, 0.05) is 0 Å². The summed E-state index contributed by atoms with van der Waals surface area (Å²) in [5.41, 5.74) is 0. The largest absolute Gasteiger partial charge is 0.467 e. The molecule has 2 aromatic heterocycles. The van der Waals surface area contributed by atoms with Gasteiger partial charge >= 0.3 is 0 Å². The minimum absolute atomic E-state index is 0.0173. The Bertz CT molecular complexity index is 417. The van der Waals surface area contributed by atoms with Crippen molar-refractivity contribution >= 4 is 0 Å². The maximum atomic E-state index is 5.64. The Hall–Kier alpha value is -1.48. The van der Waals surface area contributed by atoms with E-state index in [1.165, 1.54) is 0 Å². The molecular weight excluding hydrogens is 202 g/mol. The predicted molar refractivity (Wildman–Crippen MR) is 62.3 cm³/mol. The molecule has 0 aliphatic rings. The molecule has 0 spiro atoms. The minimum Gasteiger partial charge on any atom is -0.467 e. The zero-order valence-electron chi connectivity index (χ0n) is 9.69. The summed E-state index contributed by atoms with van der Waals surface area (Å²) in [6.07, 6.45) is 2.77. The van der Waals surface area contributed by atoms with E-state index in [0.717, 1.165) is 30.2 Å². The third-order valence-electron chi connectivity index (χ3n) is 2.47. The molecular formula is C13H17NO2. The van der Waals surface area contributed by atoms with Crippen molar-refractivity contribution in [3.8, 4) is 0 Å². The molecule has 3 heteroatoms. The first-order valence-corrected chi connectivity index (χ1v) is 5.64. The Labute approximate surface area is 95.5 Å². The van der Waals surface area contributed by atoms with Gasteiger partial charge < -0.3 is 14.2 Å². The Morgan fingerprint density at radius 1 is 1.25 bits per heavy atom. The Morgan fingerprint density at radius 3 is 2.69 bits per heavy atom. The molecule has 0 amide bonds. The molecule has 86 valence electrons. The second-order valence-electron chi connectivity index (χ2n) is 3.85. The fourth-order valence-electron chi connectivity index (χ4n) is 1.69. The maximum Gasteiger partial charge on any atom is 0.128 e. The van der Waals surface area contributed by atoms with Crippen molar-refractivity contribution in [2.75, 3.05) is 6.54 Å². The second-order valence-corrected chi connectivity index (χ2v) is 3.85. The van der Waals surface area contributed by atoms with E-state index >= 15 is 0 Å². The topological polar surface area (TPSA) is 38.3 Å². The van der Waals surface area contributed by atoms with E-state index < -0.39 is 0 Å². The highest BCUT2D eigenvalue weighted by Crippen LogP contribution is 2.24. The van der Waals surface area contributed by atoms with Gasteiger partial charge in [-0.3, -0.25) is 0 Å². The van der Waals surface area contributed by atoms with Crippen LogP contribution in [0, 0.1) is 6.92 Å². The van der Waals surface area contributed by atoms with Crippen LogP contribution in [0.15, 0.2) is 39.4 Å². The molecule has 0 saturated heterocycles. The van der Waals surface area contributed by atoms with Crippen molar-refractivity contribution in [2.45, 2.75) is 26.3 Å². The van der Waals surface area contributed by atoms with E-state index in [1.54, 1.807) is 6.26 Å². The molecule has 2 aromatic rings. The summed E-state index contributed by atoms with van der Waals surface area (Å²) in [4.78, 5) is 0. The van der Waals surface area contributed by atoms with E-state index in [-0.39, 0.29) is 6.04 Å². The van der Waals surface area contributed by atoms with Crippen molar-refractivity contribution in [1.29, 1.82) is 0 Å². The molecule has 1 unspecified atom stereocenters. The van der Waals surface area contributed by atoms with E-state index in [4.69, 9.17) is 8.83 Å². The van der Waals surface area contributed by atoms with E-state index in [9.17, 15) is 0 Å². The van der Waals surface area contributed by atoms with Gasteiger partial charge in [0.2, 0.25) is 0 Å². The molecule has 1 N–H and O–H groups in total. The standard InChI is InChI=1S/C13H17NO2/c1-3-8-14-13(11-5-4-9-15-11)12-7-6-10(2)16-12/h4-7,9,13-14H,3,8H2,1-2H3. The van der Waals surface area contributed by atoms with Gasteiger partial charge in [-0.15, -0.1) is 0 Å². The van der Waals surface area contributed by atoms with Crippen molar-refractivity contribution in [2.24, 2.45) is 0 Å². The number of rotatable bonds is 5. The van der Waals surface area contributed by atoms with Crippen molar-refractivity contribution in [3.05, 3.63) is 47.8 Å². The summed E-state index contributed by atoms with van der Waals surface area (Å²) >= 11 is 0. The highest BCUT2D eigenvalue weighted by atomic mass is 16.4. The number of hydrogen-bond donors (Lipinski definition) is 1. The summed E-state index contributed by atoms with van der Waals surface area (Å²) in [6, 6.07) is 7.84. The van der Waals surface area contributed by atoms with E-state index in [1.807, 2.05) is 31.2 Å². The van der Waals surface area contributed by atoms with Crippen LogP contribution in [-0.4, -0.2) is 6.54 Å². The molecule has 2 heterocycles. The highest BCUT2D eigenvalue weighted by Gasteiger charge is 2.18. The zero-order chi connectivity index (χ0) is 11.4. The molecule has 0 fully saturated rings. The first kappa shape index (κ1) is 11.0. The molecule has 0 bridgehead atoms. The minimum atomic E-state index is 0.0173. The van der Waals surface area contributed by atoms with Crippen LogP contribution in [0.3, 0.4) is 0 Å². The van der Waals surface area contributed by atoms with Crippen LogP contribution in [0.5, 0.6) is 0 Å². The summed E-state index contributed by atoms with van der Waals surface area (Å²) in [7, 11) is 0. The van der Waals surface area contributed by atoms with Crippen LogP contribution in [0.4, 0.5) is 0 Å². The van der Waals surface area contributed by atoms with Gasteiger partial charge in [-0.25, -0.2) is 0 Å². The summed E-state index contributed by atoms with van der Waals surface area (Å²) in [5.74, 6) is 2.72. The van der Waals surface area contributed by atoms with Gasteiger partial charge in [0.1, 0.15) is 23.3 Å². The van der Waals surface area contributed by atoms with E-state index in [2.05, 4.69) is 12.2 Å². The number of hydrogen-bond acceptors (Lipinski definition) is 3. The fourth-order valence-corrected chi connectivity index (χ4v) is 1.69. The smallest absolute Gasteiger partial charge is 0.128 e. The molecule has 0 aromatic carbocycles. The average Bonchev–Trinajstić information content (AvgIpc) is 2.91. The van der Waals surface area contributed by atoms with E-state index in [0.29, 0.717) is 0 Å². The number of furan rings is 2. The Balaban J connectivity index is 2.21. The third-order valence-corrected chi connectivity index (χ3v) is 2.47. The molecule has 1 atom stereocenters. The SMILES string of the molecule is CCCNC(c1ccco1)c1ccc(C)o1. The lowest BCUT2D eigenvalue weighted by molar-refractivity contribution is 0.381. The van der Waals surface area contributed by atoms with Crippen LogP contribution >= 0.6 is 0 Å². The zero-order valence-corrected chi connectivity index (χ0v) is 9.69. The molecule has 16 heavy (non-hydrogen) atoms. The van der Waals surface area contributed by atoms with Crippen molar-refractivity contribution in [1.82, 2.24) is 5.32 Å². The lowest BCUT2D eigenvalue weighted by atomic mass is 10.1. The molecule has 3 nitrogen and oxygen atoms in total. The average molecular weight is 219 g/mol. The lowest BCUT2D eigenvalue weighted by Crippen LogP contribution is -2.22. The van der Waals surface area contributed by atoms with Crippen LogP contribution in [0.1, 0.15) is 36.7 Å². The van der Waals surface area contributed by atoms with Crippen molar-refractivity contribution in [3.63, 3.8) is 0 Å². The first-order valence-electron chi connectivity index (χ1n) is 5.64. The molecule has 2 rings (SSSR count). The first-order chi connectivity index (χ1) is 7.81. The van der Waals surface area contributed by atoms with Gasteiger partial charge in [-0.1, -0.05) is 6.92 Å². The van der Waals surface area contributed by atoms with Crippen LogP contribution in [0.2, 0.25) is 0 Å². The summed E-state index contributed by atoms with van der Waals surface area (Å²) in [5, 5.41) is 3.41. The molecule has 0 radical (unpaired) electrons. The van der Waals surface area contributed by atoms with Crippen LogP contribution < -0.4 is 5.32 Å².